The van der Waals surface area contributed by atoms with E-state index in [1.807, 2.05) is 24.3 Å². The Morgan fingerprint density at radius 2 is 0.702 bits per heavy atom. The second-order valence-electron chi connectivity index (χ2n) is 12.6. The van der Waals surface area contributed by atoms with Crippen molar-refractivity contribution in [1.82, 2.24) is 0 Å². The molecule has 0 aromatic heterocycles. The van der Waals surface area contributed by atoms with Crippen LogP contribution in [0.25, 0.3) is 0 Å². The second-order valence-corrected chi connectivity index (χ2v) is 15.8. The number of hydrogen-bond acceptors (Lipinski definition) is 10. The third-order valence-corrected chi connectivity index (χ3v) is 11.3. The summed E-state index contributed by atoms with van der Waals surface area (Å²) in [5, 5.41) is 11.6. The molecule has 10 nitrogen and oxygen atoms in total. The molecule has 13 heteroatoms. The zero-order chi connectivity index (χ0) is 33.5. The van der Waals surface area contributed by atoms with Crippen LogP contribution in [0.3, 0.4) is 0 Å². The predicted octanol–water partition coefficient (Wildman–Crippen LogP) is 8.13. The third kappa shape index (κ3) is 12.5. The molecule has 0 bridgehead atoms. The smallest absolute Gasteiger partial charge is 0.745 e. The first-order valence-corrected chi connectivity index (χ1v) is 20.0. The SMILES string of the molecule is CCCCCCCCCCC1(S(=O)(=O)[O-])Nc2ccccc2N1.CCCCCCCCCCC1(S(=O)(=O)[O-])Nc2ccccc2N1.[Ca+2]. The first-order valence-electron chi connectivity index (χ1n) is 17.2. The zero-order valence-corrected chi connectivity index (χ0v) is 32.2. The van der Waals surface area contributed by atoms with E-state index in [4.69, 9.17) is 0 Å². The van der Waals surface area contributed by atoms with Crippen LogP contribution in [0.5, 0.6) is 0 Å². The maximum atomic E-state index is 11.8. The predicted molar refractivity (Wildman–Crippen MR) is 192 cm³/mol. The normalized spacial score (nSPS) is 15.4. The summed E-state index contributed by atoms with van der Waals surface area (Å²) >= 11 is 0. The standard InChI is InChI=1S/2C17H28N2O3S.Ca/c2*1-2-3-4-5-6-7-8-11-14-17(23(20,21)22)18-15-12-9-10-13-16(15)19-17;/h2*9-10,12-13,18-19H,2-8,11,14H2,1H3,(H,20,21,22);/q;;+2/p-2. The molecule has 47 heavy (non-hydrogen) atoms. The van der Waals surface area contributed by atoms with E-state index in [1.165, 1.54) is 64.2 Å². The largest absolute Gasteiger partial charge is 2.00 e. The van der Waals surface area contributed by atoms with Gasteiger partial charge in [-0.25, -0.2) is 16.8 Å². The van der Waals surface area contributed by atoms with Gasteiger partial charge in [0.1, 0.15) is 20.2 Å². The minimum absolute atomic E-state index is 0. The van der Waals surface area contributed by atoms with Crippen molar-refractivity contribution in [3.63, 3.8) is 0 Å². The van der Waals surface area contributed by atoms with Gasteiger partial charge in [-0.15, -0.1) is 0 Å². The maximum absolute atomic E-state index is 11.8. The summed E-state index contributed by atoms with van der Waals surface area (Å²) in [5.41, 5.74) is 2.69. The van der Waals surface area contributed by atoms with Crippen molar-refractivity contribution in [3.8, 4) is 0 Å². The van der Waals surface area contributed by atoms with Gasteiger partial charge in [0.05, 0.1) is 22.7 Å². The molecule has 2 aromatic rings. The van der Waals surface area contributed by atoms with E-state index in [1.54, 1.807) is 24.3 Å². The number of benzene rings is 2. The molecular weight excluding hydrogens is 665 g/mol. The van der Waals surface area contributed by atoms with E-state index in [-0.39, 0.29) is 50.6 Å². The summed E-state index contributed by atoms with van der Waals surface area (Å²) in [7, 11) is -9.02. The molecule has 2 aliphatic heterocycles. The number of hydrogen-bond donors (Lipinski definition) is 4. The first-order chi connectivity index (χ1) is 22.0. The first kappa shape index (κ1) is 41.9. The van der Waals surface area contributed by atoms with E-state index in [0.717, 1.165) is 25.7 Å². The number of fused-ring (bicyclic) bond motifs is 2. The van der Waals surface area contributed by atoms with Gasteiger partial charge < -0.3 is 30.4 Å². The van der Waals surface area contributed by atoms with Crippen LogP contribution < -0.4 is 21.3 Å². The van der Waals surface area contributed by atoms with Crippen LogP contribution in [0.15, 0.2) is 48.5 Å². The topological polar surface area (TPSA) is 163 Å². The molecule has 0 radical (unpaired) electrons. The van der Waals surface area contributed by atoms with Crippen LogP contribution in [0.2, 0.25) is 0 Å². The number of unbranched alkanes of at least 4 members (excludes halogenated alkanes) is 14. The average molecular weight is 719 g/mol. The summed E-state index contributed by atoms with van der Waals surface area (Å²) in [6, 6.07) is 14.4. The average Bonchev–Trinajstić information content (AvgIpc) is 3.60. The van der Waals surface area contributed by atoms with Gasteiger partial charge in [0.2, 0.25) is 9.99 Å². The zero-order valence-electron chi connectivity index (χ0n) is 28.3. The minimum Gasteiger partial charge on any atom is -0.745 e. The molecule has 0 atom stereocenters. The summed E-state index contributed by atoms with van der Waals surface area (Å²) in [5.74, 6) is 0. The van der Waals surface area contributed by atoms with Crippen LogP contribution in [0.1, 0.15) is 129 Å². The molecule has 0 saturated carbocycles. The molecule has 4 N–H and O–H groups in total. The fourth-order valence-electron chi connectivity index (χ4n) is 6.10. The molecule has 260 valence electrons. The molecule has 2 aromatic carbocycles. The van der Waals surface area contributed by atoms with Crippen LogP contribution >= 0.6 is 0 Å². The number of nitrogens with one attached hydrogen (secondary N) is 4. The second kappa shape index (κ2) is 20.4. The molecule has 0 amide bonds. The van der Waals surface area contributed by atoms with Gasteiger partial charge in [-0.2, -0.15) is 0 Å². The van der Waals surface area contributed by atoms with Gasteiger partial charge in [-0.3, -0.25) is 0 Å². The Balaban J connectivity index is 0.000000320. The Kier molecular flexibility index (Phi) is 18.2. The van der Waals surface area contributed by atoms with E-state index in [0.29, 0.717) is 35.6 Å². The van der Waals surface area contributed by atoms with E-state index in [9.17, 15) is 25.9 Å². The number of anilines is 4. The third-order valence-electron chi connectivity index (χ3n) is 8.82. The van der Waals surface area contributed by atoms with Crippen LogP contribution in [-0.2, 0) is 20.2 Å². The molecule has 0 unspecified atom stereocenters. The quantitative estimate of drug-likeness (QED) is 0.0597. The van der Waals surface area contributed by atoms with Gasteiger partial charge in [-0.1, -0.05) is 128 Å². The Labute approximate surface area is 313 Å². The number of para-hydroxylation sites is 4. The Bertz CT molecular complexity index is 1270. The van der Waals surface area contributed by atoms with Gasteiger partial charge in [0.25, 0.3) is 0 Å². The Morgan fingerprint density at radius 1 is 0.468 bits per heavy atom. The number of rotatable bonds is 20. The van der Waals surface area contributed by atoms with Crippen LogP contribution in [0.4, 0.5) is 22.7 Å². The molecular formula is C34H54CaN4O6S2. The summed E-state index contributed by atoms with van der Waals surface area (Å²) in [6.07, 6.45) is 18.5. The van der Waals surface area contributed by atoms with E-state index >= 15 is 0 Å². The molecule has 0 spiro atoms. The molecule has 0 saturated heterocycles. The Morgan fingerprint density at radius 3 is 0.936 bits per heavy atom. The van der Waals surface area contributed by atoms with Crippen molar-refractivity contribution in [3.05, 3.63) is 48.5 Å². The van der Waals surface area contributed by atoms with E-state index < -0.39 is 30.2 Å². The molecule has 0 fully saturated rings. The fourth-order valence-corrected chi connectivity index (χ4v) is 7.83. The van der Waals surface area contributed by atoms with Crippen molar-refractivity contribution in [2.45, 2.75) is 139 Å². The fraction of sp³-hybridized carbons (Fsp3) is 0.647. The molecule has 4 rings (SSSR count). The van der Waals surface area contributed by atoms with Crippen molar-refractivity contribution in [2.75, 3.05) is 21.3 Å². The van der Waals surface area contributed by atoms with E-state index in [2.05, 4.69) is 35.1 Å². The van der Waals surface area contributed by atoms with Crippen molar-refractivity contribution in [1.29, 1.82) is 0 Å². The van der Waals surface area contributed by atoms with Gasteiger partial charge in [0.15, 0.2) is 0 Å². The Hall–Kier alpha value is -1.28. The van der Waals surface area contributed by atoms with Crippen molar-refractivity contribution in [2.24, 2.45) is 0 Å². The van der Waals surface area contributed by atoms with Gasteiger partial charge in [0, 0.05) is 12.8 Å². The van der Waals surface area contributed by atoms with Gasteiger partial charge in [-0.05, 0) is 37.1 Å². The molecule has 0 aliphatic carbocycles. The maximum Gasteiger partial charge on any atom is 2.00 e. The summed E-state index contributed by atoms with van der Waals surface area (Å²) in [6.45, 7) is 4.39. The minimum atomic E-state index is -4.51. The monoisotopic (exact) mass is 718 g/mol. The van der Waals surface area contributed by atoms with Crippen LogP contribution in [-0.4, -0.2) is 73.7 Å². The molecule has 2 heterocycles. The summed E-state index contributed by atoms with van der Waals surface area (Å²) in [4.78, 5) is -3.20. The van der Waals surface area contributed by atoms with Crippen molar-refractivity contribution >= 4 is 80.7 Å². The molecule has 2 aliphatic rings. The van der Waals surface area contributed by atoms with Crippen LogP contribution in [0, 0.1) is 0 Å². The van der Waals surface area contributed by atoms with Gasteiger partial charge >= 0.3 is 37.7 Å². The van der Waals surface area contributed by atoms with Crippen molar-refractivity contribution < 1.29 is 25.9 Å². The summed E-state index contributed by atoms with van der Waals surface area (Å²) < 4.78 is 70.7.